The van der Waals surface area contributed by atoms with Crippen LogP contribution in [0.3, 0.4) is 0 Å². The van der Waals surface area contributed by atoms with E-state index in [4.69, 9.17) is 14.2 Å². The Balaban J connectivity index is 1.60. The molecule has 11 nitrogen and oxygen atoms in total. The van der Waals surface area contributed by atoms with E-state index >= 15 is 0 Å². The van der Waals surface area contributed by atoms with Crippen molar-refractivity contribution in [2.24, 2.45) is 11.8 Å². The number of hydrogen-bond acceptors (Lipinski definition) is 8. The van der Waals surface area contributed by atoms with Gasteiger partial charge in [-0.25, -0.2) is 0 Å². The highest BCUT2D eigenvalue weighted by Gasteiger charge is 2.73. The van der Waals surface area contributed by atoms with Gasteiger partial charge in [0.05, 0.1) is 31.3 Å². The zero-order valence-electron chi connectivity index (χ0n) is 25.1. The molecule has 1 aromatic carbocycles. The molecule has 0 unspecified atom stereocenters. The number of carbonyl (C=O) groups excluding carboxylic acids is 4. The van der Waals surface area contributed by atoms with E-state index in [0.29, 0.717) is 12.0 Å². The summed E-state index contributed by atoms with van der Waals surface area (Å²) in [5.41, 5.74) is -1.36. The minimum Gasteiger partial charge on any atom is -0.455 e. The number of β-amino-alcohol motifs (C(OH)–C–C–N with tert-alkyl or cyclic N) is 1. The maximum absolute atomic E-state index is 14.4. The van der Waals surface area contributed by atoms with Crippen molar-refractivity contribution in [3.63, 3.8) is 0 Å². The summed E-state index contributed by atoms with van der Waals surface area (Å²) in [6.07, 6.45) is 6.07. The number of aliphatic hydroxyl groups excluding tert-OH is 1. The van der Waals surface area contributed by atoms with Crippen LogP contribution in [0.25, 0.3) is 0 Å². The van der Waals surface area contributed by atoms with Gasteiger partial charge in [0.2, 0.25) is 17.7 Å². The number of benzene rings is 1. The predicted octanol–water partition coefficient (Wildman–Crippen LogP) is 1.52. The summed E-state index contributed by atoms with van der Waals surface area (Å²) in [6.45, 7) is 5.58. The van der Waals surface area contributed by atoms with Crippen molar-refractivity contribution in [2.75, 3.05) is 33.4 Å². The molecule has 0 aromatic heterocycles. The van der Waals surface area contributed by atoms with Crippen molar-refractivity contribution in [3.8, 4) is 0 Å². The van der Waals surface area contributed by atoms with Crippen LogP contribution in [0.2, 0.25) is 0 Å². The van der Waals surface area contributed by atoms with Gasteiger partial charge >= 0.3 is 5.97 Å². The molecular formula is C32H41N3O8. The highest BCUT2D eigenvalue weighted by atomic mass is 16.6. The van der Waals surface area contributed by atoms with E-state index in [-0.39, 0.29) is 44.5 Å². The lowest BCUT2D eigenvalue weighted by Crippen LogP contribution is -2.59. The quantitative estimate of drug-likeness (QED) is 0.387. The van der Waals surface area contributed by atoms with Crippen molar-refractivity contribution in [3.05, 3.63) is 60.2 Å². The average Bonchev–Trinajstić information content (AvgIpc) is 3.60. The summed E-state index contributed by atoms with van der Waals surface area (Å²) in [6, 6.07) is 7.28. The van der Waals surface area contributed by atoms with Crippen LogP contribution < -0.4 is 5.32 Å². The van der Waals surface area contributed by atoms with E-state index in [1.807, 2.05) is 51.1 Å². The molecule has 5 rings (SSSR count). The van der Waals surface area contributed by atoms with Crippen LogP contribution in [0.5, 0.6) is 0 Å². The normalized spacial score (nSPS) is 33.9. The number of nitrogens with one attached hydrogen (secondary N) is 1. The van der Waals surface area contributed by atoms with Gasteiger partial charge in [0.25, 0.3) is 0 Å². The average molecular weight is 596 g/mol. The molecule has 0 radical (unpaired) electrons. The molecule has 232 valence electrons. The Morgan fingerprint density at radius 3 is 2.51 bits per heavy atom. The molecule has 2 fully saturated rings. The van der Waals surface area contributed by atoms with Gasteiger partial charge in [-0.3, -0.25) is 19.2 Å². The van der Waals surface area contributed by atoms with Gasteiger partial charge in [-0.05, 0) is 32.8 Å². The first-order chi connectivity index (χ1) is 20.5. The van der Waals surface area contributed by atoms with Crippen molar-refractivity contribution >= 4 is 23.7 Å². The number of amides is 3. The summed E-state index contributed by atoms with van der Waals surface area (Å²) >= 11 is 0. The molecule has 2 N–H and O–H groups in total. The van der Waals surface area contributed by atoms with Crippen LogP contribution in [0.15, 0.2) is 54.6 Å². The van der Waals surface area contributed by atoms with E-state index in [9.17, 15) is 24.3 Å². The van der Waals surface area contributed by atoms with Gasteiger partial charge < -0.3 is 34.4 Å². The Bertz CT molecular complexity index is 1290. The van der Waals surface area contributed by atoms with E-state index < -0.39 is 59.1 Å². The van der Waals surface area contributed by atoms with Gasteiger partial charge in [-0.1, -0.05) is 54.6 Å². The molecule has 3 amide bonds. The highest BCUT2D eigenvalue weighted by molar-refractivity contribution is 5.99. The number of allylic oxidation sites excluding steroid dienone is 1. The Hall–Kier alpha value is -3.54. The van der Waals surface area contributed by atoms with Gasteiger partial charge in [-0.2, -0.15) is 0 Å². The Labute approximate surface area is 251 Å². The van der Waals surface area contributed by atoms with Crippen molar-refractivity contribution in [2.45, 2.75) is 69.0 Å². The molecule has 4 aliphatic rings. The first kappa shape index (κ1) is 30.9. The topological polar surface area (TPSA) is 135 Å². The van der Waals surface area contributed by atoms with Crippen molar-refractivity contribution in [1.29, 1.82) is 0 Å². The fourth-order valence-electron chi connectivity index (χ4n) is 6.81. The number of cyclic esters (lactones) is 1. The van der Waals surface area contributed by atoms with Crippen LogP contribution in [0, 0.1) is 11.8 Å². The number of nitrogens with zero attached hydrogens (tertiary/aromatic N) is 2. The Morgan fingerprint density at radius 2 is 1.84 bits per heavy atom. The molecule has 11 heteroatoms. The number of esters is 1. The number of fused-ring (bicyclic) bond motifs is 2. The lowest BCUT2D eigenvalue weighted by atomic mass is 9.74. The number of aliphatic hydroxyl groups is 1. The molecule has 1 spiro atoms. The second kappa shape index (κ2) is 12.2. The third-order valence-electron chi connectivity index (χ3n) is 8.72. The molecule has 5 bridgehead atoms. The minimum absolute atomic E-state index is 0.0760. The number of methoxy groups -OCH3 is 1. The number of likely N-dealkylation sites (tertiary alicyclic amines) is 1. The number of hydrogen-bond donors (Lipinski definition) is 2. The summed E-state index contributed by atoms with van der Waals surface area (Å²) in [4.78, 5) is 58.6. The maximum Gasteiger partial charge on any atom is 0.313 e. The first-order valence-corrected chi connectivity index (χ1v) is 14.8. The van der Waals surface area contributed by atoms with Crippen LogP contribution in [-0.2, 0) is 33.4 Å². The van der Waals surface area contributed by atoms with Crippen LogP contribution >= 0.6 is 0 Å². The van der Waals surface area contributed by atoms with Crippen molar-refractivity contribution < 1.29 is 38.5 Å². The smallest absolute Gasteiger partial charge is 0.313 e. The molecule has 0 saturated carbocycles. The predicted molar refractivity (Wildman–Crippen MR) is 155 cm³/mol. The van der Waals surface area contributed by atoms with Crippen LogP contribution in [-0.4, -0.2) is 101 Å². The van der Waals surface area contributed by atoms with E-state index in [1.165, 1.54) is 12.0 Å². The van der Waals surface area contributed by atoms with E-state index in [2.05, 4.69) is 5.32 Å². The first-order valence-electron chi connectivity index (χ1n) is 14.8. The lowest BCUT2D eigenvalue weighted by molar-refractivity contribution is -0.162. The van der Waals surface area contributed by atoms with Crippen LogP contribution in [0.1, 0.15) is 45.3 Å². The summed E-state index contributed by atoms with van der Waals surface area (Å²) in [5.74, 6) is -3.74. The molecular weight excluding hydrogens is 554 g/mol. The molecule has 7 atom stereocenters. The highest BCUT2D eigenvalue weighted by Crippen LogP contribution is 2.56. The largest absolute Gasteiger partial charge is 0.455 e. The maximum atomic E-state index is 14.4. The van der Waals surface area contributed by atoms with E-state index in [0.717, 1.165) is 0 Å². The number of rotatable bonds is 5. The van der Waals surface area contributed by atoms with Gasteiger partial charge in [0.15, 0.2) is 0 Å². The zero-order valence-corrected chi connectivity index (χ0v) is 25.1. The number of ether oxygens (including phenoxy) is 3. The SMILES string of the molecule is COC[C@H]1NC(=O)CC/C=C\CN(C(C)(C)C)C(=O)[C@@H]2N(CCO)C(=O)[C@H]3[C@H](C(=O)O[C@@H]1c1ccccc1)[C@@H]1C=C[C@]23O1. The summed E-state index contributed by atoms with van der Waals surface area (Å²) in [7, 11) is 1.50. The molecule has 43 heavy (non-hydrogen) atoms. The van der Waals surface area contributed by atoms with E-state index in [1.54, 1.807) is 29.2 Å². The number of carbonyl (C=O) groups is 4. The van der Waals surface area contributed by atoms with Gasteiger partial charge in [-0.15, -0.1) is 0 Å². The Morgan fingerprint density at radius 1 is 1.09 bits per heavy atom. The Kier molecular flexibility index (Phi) is 8.78. The molecule has 4 heterocycles. The monoisotopic (exact) mass is 595 g/mol. The third kappa shape index (κ3) is 5.61. The fourth-order valence-corrected chi connectivity index (χ4v) is 6.81. The second-order valence-corrected chi connectivity index (χ2v) is 12.5. The lowest BCUT2D eigenvalue weighted by Gasteiger charge is -2.41. The zero-order chi connectivity index (χ0) is 30.9. The molecule has 4 aliphatic heterocycles. The van der Waals surface area contributed by atoms with Gasteiger partial charge in [0, 0.05) is 32.2 Å². The second-order valence-electron chi connectivity index (χ2n) is 12.5. The van der Waals surface area contributed by atoms with Crippen molar-refractivity contribution in [1.82, 2.24) is 15.1 Å². The molecule has 1 aromatic rings. The summed E-state index contributed by atoms with van der Waals surface area (Å²) < 4.78 is 18.0. The molecule has 2 saturated heterocycles. The summed E-state index contributed by atoms with van der Waals surface area (Å²) in [5, 5.41) is 12.9. The standard InChI is InChI=1S/C32H41N3O8/c1-31(2,3)35-16-10-6-9-13-23(37)33-21(19-41-4)26(20-11-7-5-8-12-20)42-30(40)24-22-14-15-32(43-22)25(24)28(38)34(17-18-36)27(32)29(35)39/h5-8,10-12,14-15,21-22,24-27,36H,9,13,16-19H2,1-4H3,(H,33,37)/b10-6-/t21-,22+,24-,25-,26-,27+,32-/m1/s1. The van der Waals surface area contributed by atoms with Crippen LogP contribution in [0.4, 0.5) is 0 Å². The fraction of sp³-hybridized carbons (Fsp3) is 0.562. The molecule has 0 aliphatic carbocycles. The van der Waals surface area contributed by atoms with Gasteiger partial charge in [0.1, 0.15) is 23.7 Å². The minimum atomic E-state index is -1.39. The third-order valence-corrected chi connectivity index (χ3v) is 8.72.